The average Bonchev–Trinajstić information content (AvgIpc) is 3.15. The highest BCUT2D eigenvalue weighted by atomic mass is 32.1. The first-order chi connectivity index (χ1) is 10.6. The number of carbonyl (C=O) groups is 2. The van der Waals surface area contributed by atoms with Crippen LogP contribution in [0.3, 0.4) is 0 Å². The summed E-state index contributed by atoms with van der Waals surface area (Å²) >= 11 is 1.37. The lowest BCUT2D eigenvalue weighted by atomic mass is 10.0. The van der Waals surface area contributed by atoms with Crippen LogP contribution >= 0.6 is 11.3 Å². The van der Waals surface area contributed by atoms with E-state index in [9.17, 15) is 14.7 Å². The minimum atomic E-state index is -0.952. The number of likely N-dealkylation sites (tertiary alicyclic amines) is 1. The van der Waals surface area contributed by atoms with Crippen molar-refractivity contribution in [1.82, 2.24) is 9.88 Å². The maximum absolute atomic E-state index is 12.7. The summed E-state index contributed by atoms with van der Waals surface area (Å²) in [6, 6.07) is 2.79. The summed E-state index contributed by atoms with van der Waals surface area (Å²) in [7, 11) is 0. The predicted octanol–water partition coefficient (Wildman–Crippen LogP) is 2.79. The van der Waals surface area contributed by atoms with Gasteiger partial charge in [0, 0.05) is 11.4 Å². The molecule has 0 saturated carbocycles. The molecule has 2 aromatic heterocycles. The Bertz CT molecular complexity index is 692. The van der Waals surface area contributed by atoms with Gasteiger partial charge < -0.3 is 14.4 Å². The summed E-state index contributed by atoms with van der Waals surface area (Å²) < 4.78 is 5.30. The number of aliphatic carboxylic acids is 1. The Balaban J connectivity index is 1.90. The minimum absolute atomic E-state index is 0.307. The van der Waals surface area contributed by atoms with Gasteiger partial charge in [-0.15, -0.1) is 11.3 Å². The lowest BCUT2D eigenvalue weighted by Gasteiger charge is -2.32. The molecule has 0 aliphatic carbocycles. The molecular weight excluding hydrogens is 304 g/mol. The number of furan rings is 1. The zero-order valence-corrected chi connectivity index (χ0v) is 12.9. The van der Waals surface area contributed by atoms with Gasteiger partial charge >= 0.3 is 5.97 Å². The van der Waals surface area contributed by atoms with Gasteiger partial charge in [0.05, 0.1) is 6.26 Å². The highest BCUT2D eigenvalue weighted by molar-refractivity contribution is 7.15. The Hall–Kier alpha value is -2.15. The molecule has 1 atom stereocenters. The SMILES string of the molecule is Cc1sc(-c2ccco2)nc1C(=O)N1CCCCC1C(=O)O. The van der Waals surface area contributed by atoms with Gasteiger partial charge in [-0.2, -0.15) is 0 Å². The molecule has 1 N–H and O–H groups in total. The van der Waals surface area contributed by atoms with E-state index in [0.717, 1.165) is 17.7 Å². The van der Waals surface area contributed by atoms with Crippen molar-refractivity contribution in [3.05, 3.63) is 29.0 Å². The smallest absolute Gasteiger partial charge is 0.326 e. The van der Waals surface area contributed by atoms with Crippen LogP contribution < -0.4 is 0 Å². The molecule has 1 aliphatic rings. The van der Waals surface area contributed by atoms with Crippen molar-refractivity contribution in [2.75, 3.05) is 6.54 Å². The van der Waals surface area contributed by atoms with Gasteiger partial charge in [0.25, 0.3) is 5.91 Å². The van der Waals surface area contributed by atoms with Gasteiger partial charge in [-0.05, 0) is 38.3 Å². The third-order valence-electron chi connectivity index (χ3n) is 3.78. The van der Waals surface area contributed by atoms with E-state index in [2.05, 4.69) is 4.98 Å². The zero-order chi connectivity index (χ0) is 15.7. The predicted molar refractivity (Wildman–Crippen MR) is 80.9 cm³/mol. The van der Waals surface area contributed by atoms with Gasteiger partial charge in [0.2, 0.25) is 0 Å². The number of aromatic nitrogens is 1. The molecule has 7 heteroatoms. The second kappa shape index (κ2) is 5.92. The van der Waals surface area contributed by atoms with Gasteiger partial charge in [0.1, 0.15) is 11.7 Å². The Morgan fingerprint density at radius 2 is 2.27 bits per heavy atom. The Morgan fingerprint density at radius 1 is 1.45 bits per heavy atom. The fourth-order valence-corrected chi connectivity index (χ4v) is 3.54. The lowest BCUT2D eigenvalue weighted by Crippen LogP contribution is -2.48. The average molecular weight is 320 g/mol. The molecule has 3 rings (SSSR count). The van der Waals surface area contributed by atoms with Crippen molar-refractivity contribution in [2.45, 2.75) is 32.2 Å². The molecule has 1 fully saturated rings. The summed E-state index contributed by atoms with van der Waals surface area (Å²) in [5, 5.41) is 9.94. The quantitative estimate of drug-likeness (QED) is 0.940. The van der Waals surface area contributed by atoms with Crippen LogP contribution in [0.4, 0.5) is 0 Å². The van der Waals surface area contributed by atoms with E-state index in [4.69, 9.17) is 4.42 Å². The summed E-state index contributed by atoms with van der Waals surface area (Å²) in [4.78, 5) is 30.6. The van der Waals surface area contributed by atoms with E-state index < -0.39 is 12.0 Å². The van der Waals surface area contributed by atoms with Gasteiger partial charge in [-0.3, -0.25) is 4.79 Å². The van der Waals surface area contributed by atoms with Crippen molar-refractivity contribution < 1.29 is 19.1 Å². The Labute approximate surface area is 131 Å². The molecular formula is C15H16N2O4S. The lowest BCUT2D eigenvalue weighted by molar-refractivity contribution is -0.143. The largest absolute Gasteiger partial charge is 0.480 e. The number of amides is 1. The van der Waals surface area contributed by atoms with Gasteiger partial charge in [-0.25, -0.2) is 9.78 Å². The van der Waals surface area contributed by atoms with E-state index in [1.54, 1.807) is 18.4 Å². The number of aryl methyl sites for hydroxylation is 1. The number of hydrogen-bond acceptors (Lipinski definition) is 5. The summed E-state index contributed by atoms with van der Waals surface area (Å²) in [6.07, 6.45) is 3.70. The first kappa shape index (κ1) is 14.8. The molecule has 0 aromatic carbocycles. The first-order valence-electron chi connectivity index (χ1n) is 7.13. The highest BCUT2D eigenvalue weighted by Gasteiger charge is 2.34. The number of hydrogen-bond donors (Lipinski definition) is 1. The molecule has 2 aromatic rings. The van der Waals surface area contributed by atoms with Crippen molar-refractivity contribution in [2.24, 2.45) is 0 Å². The maximum Gasteiger partial charge on any atom is 0.326 e. The summed E-state index contributed by atoms with van der Waals surface area (Å²) in [5.74, 6) is -0.647. The van der Waals surface area contributed by atoms with E-state index in [1.807, 2.05) is 6.92 Å². The van der Waals surface area contributed by atoms with E-state index >= 15 is 0 Å². The third-order valence-corrected chi connectivity index (χ3v) is 4.77. The fraction of sp³-hybridized carbons (Fsp3) is 0.400. The molecule has 6 nitrogen and oxygen atoms in total. The maximum atomic E-state index is 12.7. The Morgan fingerprint density at radius 3 is 2.95 bits per heavy atom. The first-order valence-corrected chi connectivity index (χ1v) is 7.94. The highest BCUT2D eigenvalue weighted by Crippen LogP contribution is 2.29. The molecule has 1 unspecified atom stereocenters. The van der Waals surface area contributed by atoms with Crippen LogP contribution in [-0.2, 0) is 4.79 Å². The standard InChI is InChI=1S/C15H16N2O4S/c1-9-12(16-13(22-9)11-6-4-8-21-11)14(18)17-7-3-2-5-10(17)15(19)20/h4,6,8,10H,2-3,5,7H2,1H3,(H,19,20). The molecule has 116 valence electrons. The van der Waals surface area contributed by atoms with Crippen LogP contribution in [0, 0.1) is 6.92 Å². The van der Waals surface area contributed by atoms with Crippen LogP contribution in [0.5, 0.6) is 0 Å². The number of piperidine rings is 1. The molecule has 1 saturated heterocycles. The fourth-order valence-electron chi connectivity index (χ4n) is 2.67. The second-order valence-electron chi connectivity index (χ2n) is 5.25. The summed E-state index contributed by atoms with van der Waals surface area (Å²) in [6.45, 7) is 2.28. The molecule has 3 heterocycles. The van der Waals surface area contributed by atoms with Gasteiger partial charge in [0.15, 0.2) is 10.8 Å². The van der Waals surface area contributed by atoms with Crippen molar-refractivity contribution in [3.8, 4) is 10.8 Å². The minimum Gasteiger partial charge on any atom is -0.480 e. The number of carbonyl (C=O) groups excluding carboxylic acids is 1. The molecule has 0 spiro atoms. The molecule has 1 amide bonds. The third kappa shape index (κ3) is 2.64. The number of carboxylic acids is 1. The van der Waals surface area contributed by atoms with Crippen LogP contribution in [0.25, 0.3) is 10.8 Å². The van der Waals surface area contributed by atoms with Crippen molar-refractivity contribution in [1.29, 1.82) is 0 Å². The van der Waals surface area contributed by atoms with E-state index in [-0.39, 0.29) is 5.91 Å². The number of rotatable bonds is 3. The van der Waals surface area contributed by atoms with Crippen LogP contribution in [0.15, 0.2) is 22.8 Å². The second-order valence-corrected chi connectivity index (χ2v) is 6.45. The van der Waals surface area contributed by atoms with Crippen molar-refractivity contribution in [3.63, 3.8) is 0 Å². The van der Waals surface area contributed by atoms with E-state index in [1.165, 1.54) is 16.2 Å². The monoisotopic (exact) mass is 320 g/mol. The molecule has 1 aliphatic heterocycles. The topological polar surface area (TPSA) is 83.6 Å². The molecule has 0 radical (unpaired) electrons. The van der Waals surface area contributed by atoms with Crippen LogP contribution in [0.2, 0.25) is 0 Å². The normalized spacial score (nSPS) is 18.4. The van der Waals surface area contributed by atoms with Gasteiger partial charge in [-0.1, -0.05) is 0 Å². The van der Waals surface area contributed by atoms with Crippen molar-refractivity contribution >= 4 is 23.2 Å². The van der Waals surface area contributed by atoms with E-state index in [0.29, 0.717) is 29.4 Å². The zero-order valence-electron chi connectivity index (χ0n) is 12.1. The Kier molecular flexibility index (Phi) is 3.98. The van der Waals surface area contributed by atoms with Crippen LogP contribution in [0.1, 0.15) is 34.6 Å². The van der Waals surface area contributed by atoms with Crippen LogP contribution in [-0.4, -0.2) is 39.5 Å². The number of carboxylic acid groups (broad SMARTS) is 1. The summed E-state index contributed by atoms with van der Waals surface area (Å²) in [5.41, 5.74) is 0.324. The number of thiazole rings is 1. The molecule has 0 bridgehead atoms. The number of nitrogens with zero attached hydrogens (tertiary/aromatic N) is 2. The molecule has 22 heavy (non-hydrogen) atoms.